The molecule has 1 aliphatic heterocycles. The number of nitrogens with zero attached hydrogens (tertiary/aromatic N) is 2. The highest BCUT2D eigenvalue weighted by Gasteiger charge is 2.45. The molecule has 0 spiro atoms. The molecule has 0 aromatic heterocycles. The second-order valence-corrected chi connectivity index (χ2v) is 8.64. The Balaban J connectivity index is 0.00000320. The van der Waals surface area contributed by atoms with E-state index in [0.717, 1.165) is 70.0 Å². The summed E-state index contributed by atoms with van der Waals surface area (Å²) >= 11 is 0. The average molecular weight is 532 g/mol. The van der Waals surface area contributed by atoms with E-state index < -0.39 is 0 Å². The zero-order chi connectivity index (χ0) is 20.7. The Morgan fingerprint density at radius 2 is 1.97 bits per heavy atom. The number of nitrogens with one attached hydrogen (secondary N) is 2. The molecule has 0 bridgehead atoms. The van der Waals surface area contributed by atoms with Crippen molar-refractivity contribution in [2.24, 2.45) is 4.99 Å². The summed E-state index contributed by atoms with van der Waals surface area (Å²) < 4.78 is 19.9. The number of hydrogen-bond donors (Lipinski definition) is 2. The molecule has 1 aromatic rings. The van der Waals surface area contributed by atoms with Crippen LogP contribution in [0, 0.1) is 5.82 Å². The fourth-order valence-corrected chi connectivity index (χ4v) is 4.02. The van der Waals surface area contributed by atoms with Crippen molar-refractivity contribution in [2.45, 2.75) is 64.0 Å². The highest BCUT2D eigenvalue weighted by atomic mass is 127. The molecule has 2 N–H and O–H groups in total. The van der Waals surface area contributed by atoms with E-state index in [1.807, 2.05) is 12.1 Å². The van der Waals surface area contributed by atoms with Gasteiger partial charge in [-0.05, 0) is 58.1 Å². The number of piperidine rings is 1. The molecule has 0 unspecified atom stereocenters. The first-order chi connectivity index (χ1) is 14.0. The summed E-state index contributed by atoms with van der Waals surface area (Å²) in [5.74, 6) is 0.753. The summed E-state index contributed by atoms with van der Waals surface area (Å²) in [4.78, 5) is 7.32. The van der Waals surface area contributed by atoms with E-state index in [2.05, 4.69) is 36.3 Å². The van der Waals surface area contributed by atoms with E-state index in [4.69, 9.17) is 9.73 Å². The Bertz CT molecular complexity index is 673. The zero-order valence-electron chi connectivity index (χ0n) is 18.6. The number of hydrogen-bond acceptors (Lipinski definition) is 3. The van der Waals surface area contributed by atoms with E-state index in [-0.39, 0.29) is 35.2 Å². The topological polar surface area (TPSA) is 48.9 Å². The fraction of sp³-hybridized carbons (Fsp3) is 0.696. The van der Waals surface area contributed by atoms with Crippen molar-refractivity contribution in [1.82, 2.24) is 15.5 Å². The van der Waals surface area contributed by atoms with Gasteiger partial charge in [0.1, 0.15) is 5.82 Å². The third-order valence-electron chi connectivity index (χ3n) is 5.97. The predicted molar refractivity (Wildman–Crippen MR) is 132 cm³/mol. The van der Waals surface area contributed by atoms with Gasteiger partial charge in [-0.2, -0.15) is 0 Å². The normalized spacial score (nSPS) is 19.4. The number of likely N-dealkylation sites (tertiary alicyclic amines) is 1. The summed E-state index contributed by atoms with van der Waals surface area (Å²) in [6.07, 6.45) is 4.52. The SMILES string of the molecule is CCNC(=NCC1(c2ccccc2F)CC1)NC1CCN(CCOC(C)C)CC1.I. The first kappa shape index (κ1) is 25.3. The summed E-state index contributed by atoms with van der Waals surface area (Å²) in [7, 11) is 0. The van der Waals surface area contributed by atoms with Crippen molar-refractivity contribution in [3.8, 4) is 0 Å². The van der Waals surface area contributed by atoms with Crippen molar-refractivity contribution in [3.63, 3.8) is 0 Å². The van der Waals surface area contributed by atoms with E-state index in [0.29, 0.717) is 18.7 Å². The number of guanidine groups is 1. The molecule has 170 valence electrons. The van der Waals surface area contributed by atoms with Gasteiger partial charge in [-0.1, -0.05) is 18.2 Å². The quantitative estimate of drug-likeness (QED) is 0.288. The maximum Gasteiger partial charge on any atom is 0.191 e. The second kappa shape index (κ2) is 12.2. The molecular weight excluding hydrogens is 494 g/mol. The van der Waals surface area contributed by atoms with Gasteiger partial charge in [-0.25, -0.2) is 4.39 Å². The lowest BCUT2D eigenvalue weighted by molar-refractivity contribution is 0.0532. The lowest BCUT2D eigenvalue weighted by atomic mass is 9.95. The largest absolute Gasteiger partial charge is 0.377 e. The van der Waals surface area contributed by atoms with Crippen molar-refractivity contribution < 1.29 is 9.13 Å². The molecule has 1 aromatic carbocycles. The molecule has 7 heteroatoms. The molecule has 1 saturated carbocycles. The van der Waals surface area contributed by atoms with Gasteiger partial charge in [0.25, 0.3) is 0 Å². The molecular formula is C23H38FIN4O. The number of rotatable bonds is 9. The fourth-order valence-electron chi connectivity index (χ4n) is 4.02. The van der Waals surface area contributed by atoms with Gasteiger partial charge in [0.15, 0.2) is 5.96 Å². The van der Waals surface area contributed by atoms with Gasteiger partial charge in [0, 0.05) is 37.6 Å². The number of halogens is 2. The average Bonchev–Trinajstić information content (AvgIpc) is 3.49. The van der Waals surface area contributed by atoms with Crippen LogP contribution < -0.4 is 10.6 Å². The van der Waals surface area contributed by atoms with Crippen LogP contribution in [-0.2, 0) is 10.2 Å². The molecule has 0 atom stereocenters. The third-order valence-corrected chi connectivity index (χ3v) is 5.97. The van der Waals surface area contributed by atoms with Crippen LogP contribution in [0.3, 0.4) is 0 Å². The monoisotopic (exact) mass is 532 g/mol. The minimum absolute atomic E-state index is 0. The highest BCUT2D eigenvalue weighted by molar-refractivity contribution is 14.0. The molecule has 2 fully saturated rings. The molecule has 2 aliphatic rings. The lowest BCUT2D eigenvalue weighted by Gasteiger charge is -2.33. The van der Waals surface area contributed by atoms with Gasteiger partial charge < -0.3 is 20.3 Å². The van der Waals surface area contributed by atoms with E-state index in [1.54, 1.807) is 12.1 Å². The summed E-state index contributed by atoms with van der Waals surface area (Å²) in [6, 6.07) is 7.58. The van der Waals surface area contributed by atoms with Crippen LogP contribution >= 0.6 is 24.0 Å². The van der Waals surface area contributed by atoms with Crippen LogP contribution in [-0.4, -0.2) is 62.3 Å². The zero-order valence-corrected chi connectivity index (χ0v) is 21.0. The molecule has 30 heavy (non-hydrogen) atoms. The maximum atomic E-state index is 14.2. The van der Waals surface area contributed by atoms with Gasteiger partial charge in [-0.3, -0.25) is 4.99 Å². The maximum absolute atomic E-state index is 14.2. The Labute approximate surface area is 198 Å². The molecule has 1 saturated heterocycles. The van der Waals surface area contributed by atoms with Crippen molar-refractivity contribution in [2.75, 3.05) is 39.3 Å². The number of aliphatic imine (C=N–C) groups is 1. The van der Waals surface area contributed by atoms with Crippen molar-refractivity contribution in [1.29, 1.82) is 0 Å². The minimum Gasteiger partial charge on any atom is -0.377 e. The van der Waals surface area contributed by atoms with Crippen molar-refractivity contribution in [3.05, 3.63) is 35.6 Å². The van der Waals surface area contributed by atoms with Gasteiger partial charge in [0.05, 0.1) is 19.3 Å². The standard InChI is InChI=1S/C23H37FN4O.HI/c1-4-25-22(26-17-23(11-12-23)20-7-5-6-8-21(20)24)27-19-9-13-28(14-10-19)15-16-29-18(2)3;/h5-8,18-19H,4,9-17H2,1-3H3,(H2,25,26,27);1H. The lowest BCUT2D eigenvalue weighted by Crippen LogP contribution is -2.49. The molecule has 0 radical (unpaired) electrons. The first-order valence-corrected chi connectivity index (χ1v) is 11.2. The smallest absolute Gasteiger partial charge is 0.191 e. The molecule has 5 nitrogen and oxygen atoms in total. The van der Waals surface area contributed by atoms with Crippen LogP contribution in [0.25, 0.3) is 0 Å². The van der Waals surface area contributed by atoms with Crippen molar-refractivity contribution >= 4 is 29.9 Å². The summed E-state index contributed by atoms with van der Waals surface area (Å²) in [5, 5.41) is 6.97. The van der Waals surface area contributed by atoms with Crippen LogP contribution in [0.1, 0.15) is 52.0 Å². The second-order valence-electron chi connectivity index (χ2n) is 8.64. The van der Waals surface area contributed by atoms with Crippen LogP contribution in [0.15, 0.2) is 29.3 Å². The Morgan fingerprint density at radius 3 is 2.57 bits per heavy atom. The molecule has 3 rings (SSSR count). The first-order valence-electron chi connectivity index (χ1n) is 11.2. The summed E-state index contributed by atoms with van der Waals surface area (Å²) in [5.41, 5.74) is 0.699. The molecule has 0 amide bonds. The number of benzene rings is 1. The molecule has 1 aliphatic carbocycles. The molecule has 1 heterocycles. The van der Waals surface area contributed by atoms with Gasteiger partial charge in [-0.15, -0.1) is 24.0 Å². The number of ether oxygens (including phenoxy) is 1. The summed E-state index contributed by atoms with van der Waals surface area (Å²) in [6.45, 7) is 11.7. The Kier molecular flexibility index (Phi) is 10.3. The highest BCUT2D eigenvalue weighted by Crippen LogP contribution is 2.49. The van der Waals surface area contributed by atoms with Crippen LogP contribution in [0.4, 0.5) is 4.39 Å². The minimum atomic E-state index is -0.118. The van der Waals surface area contributed by atoms with Gasteiger partial charge >= 0.3 is 0 Å². The van der Waals surface area contributed by atoms with E-state index in [9.17, 15) is 4.39 Å². The van der Waals surface area contributed by atoms with E-state index >= 15 is 0 Å². The Morgan fingerprint density at radius 1 is 1.27 bits per heavy atom. The van der Waals surface area contributed by atoms with E-state index in [1.165, 1.54) is 0 Å². The van der Waals surface area contributed by atoms with Gasteiger partial charge in [0.2, 0.25) is 0 Å². The van der Waals surface area contributed by atoms with Crippen LogP contribution in [0.5, 0.6) is 0 Å². The Hall–Kier alpha value is -0.930. The third kappa shape index (κ3) is 7.34. The predicted octanol–water partition coefficient (Wildman–Crippen LogP) is 3.92. The van der Waals surface area contributed by atoms with Crippen LogP contribution in [0.2, 0.25) is 0 Å².